The van der Waals surface area contributed by atoms with Crippen molar-refractivity contribution in [1.82, 2.24) is 0 Å². The number of aryl methyl sites for hydroxylation is 1. The second-order valence-corrected chi connectivity index (χ2v) is 4.42. The highest BCUT2D eigenvalue weighted by Crippen LogP contribution is 2.27. The van der Waals surface area contributed by atoms with Crippen molar-refractivity contribution in [3.8, 4) is 11.5 Å². The first-order valence-corrected chi connectivity index (χ1v) is 6.38. The Balaban J connectivity index is 2.34. The first kappa shape index (κ1) is 14.6. The van der Waals surface area contributed by atoms with Crippen molar-refractivity contribution in [2.45, 2.75) is 13.3 Å². The van der Waals surface area contributed by atoms with Gasteiger partial charge in [0, 0.05) is 0 Å². The summed E-state index contributed by atoms with van der Waals surface area (Å²) in [5.74, 6) is -1.82. The summed E-state index contributed by atoms with van der Waals surface area (Å²) in [6, 6.07) is 11.0. The van der Waals surface area contributed by atoms with Crippen molar-refractivity contribution in [2.24, 2.45) is 0 Å². The maximum Gasteiger partial charge on any atom is 0.339 e. The summed E-state index contributed by atoms with van der Waals surface area (Å²) in [7, 11) is 0. The van der Waals surface area contributed by atoms with Crippen LogP contribution in [-0.4, -0.2) is 22.2 Å². The number of benzene rings is 2. The summed E-state index contributed by atoms with van der Waals surface area (Å²) in [6.45, 7) is 2.03. The number of hydrogen-bond donors (Lipinski definition) is 2. The smallest absolute Gasteiger partial charge is 0.339 e. The molecular weight excluding hydrogens is 272 g/mol. The van der Waals surface area contributed by atoms with Crippen LogP contribution in [0.5, 0.6) is 11.5 Å². The minimum atomic E-state index is -1.24. The van der Waals surface area contributed by atoms with E-state index in [4.69, 9.17) is 14.9 Å². The Labute approximate surface area is 121 Å². The van der Waals surface area contributed by atoms with Crippen LogP contribution in [0.2, 0.25) is 0 Å². The van der Waals surface area contributed by atoms with Gasteiger partial charge < -0.3 is 14.9 Å². The van der Waals surface area contributed by atoms with Gasteiger partial charge >= 0.3 is 11.9 Å². The summed E-state index contributed by atoms with van der Waals surface area (Å²) >= 11 is 0. The molecule has 0 saturated heterocycles. The number of carboxylic acids is 2. The highest BCUT2D eigenvalue weighted by molar-refractivity contribution is 5.96. The van der Waals surface area contributed by atoms with Gasteiger partial charge in [0.15, 0.2) is 0 Å². The van der Waals surface area contributed by atoms with Crippen LogP contribution in [-0.2, 0) is 6.42 Å². The van der Waals surface area contributed by atoms with Crippen molar-refractivity contribution in [2.75, 3.05) is 0 Å². The minimum Gasteiger partial charge on any atom is -0.478 e. The highest BCUT2D eigenvalue weighted by atomic mass is 16.5. The van der Waals surface area contributed by atoms with Crippen molar-refractivity contribution >= 4 is 11.9 Å². The lowest BCUT2D eigenvalue weighted by molar-refractivity contribution is 0.0694. The van der Waals surface area contributed by atoms with Crippen LogP contribution in [0.25, 0.3) is 0 Å². The Bertz CT molecular complexity index is 674. The van der Waals surface area contributed by atoms with Crippen LogP contribution >= 0.6 is 0 Å². The molecule has 0 fully saturated rings. The van der Waals surface area contributed by atoms with Crippen LogP contribution in [0, 0.1) is 0 Å². The summed E-state index contributed by atoms with van der Waals surface area (Å²) in [5.41, 5.74) is 0.859. The van der Waals surface area contributed by atoms with Gasteiger partial charge in [0.25, 0.3) is 0 Å². The summed E-state index contributed by atoms with van der Waals surface area (Å²) in [4.78, 5) is 22.1. The second kappa shape index (κ2) is 6.09. The van der Waals surface area contributed by atoms with E-state index in [9.17, 15) is 9.59 Å². The molecule has 2 N–H and O–H groups in total. The largest absolute Gasteiger partial charge is 0.478 e. The van der Waals surface area contributed by atoms with Gasteiger partial charge in [-0.25, -0.2) is 9.59 Å². The highest BCUT2D eigenvalue weighted by Gasteiger charge is 2.15. The fraction of sp³-hybridized carbons (Fsp3) is 0.125. The van der Waals surface area contributed by atoms with E-state index in [0.717, 1.165) is 18.1 Å². The van der Waals surface area contributed by atoms with Crippen molar-refractivity contribution < 1.29 is 24.5 Å². The fourth-order valence-electron chi connectivity index (χ4n) is 1.84. The molecule has 0 aliphatic rings. The Morgan fingerprint density at radius 1 is 1.00 bits per heavy atom. The topological polar surface area (TPSA) is 83.8 Å². The molecule has 0 amide bonds. The van der Waals surface area contributed by atoms with Gasteiger partial charge in [0.2, 0.25) is 0 Å². The molecule has 0 aliphatic carbocycles. The Morgan fingerprint density at radius 2 is 1.67 bits per heavy atom. The standard InChI is InChI=1S/C16H14O5/c1-2-10-3-6-12(7-4-10)21-14-8-5-11(15(17)18)9-13(14)16(19)20/h3-9H,2H2,1H3,(H,17,18)(H,19,20). The SMILES string of the molecule is CCc1ccc(Oc2ccc(C(=O)O)cc2C(=O)O)cc1. The van der Waals surface area contributed by atoms with Gasteiger partial charge in [-0.1, -0.05) is 19.1 Å². The summed E-state index contributed by atoms with van der Waals surface area (Å²) in [5, 5.41) is 18.1. The third kappa shape index (κ3) is 3.39. The van der Waals surface area contributed by atoms with E-state index >= 15 is 0 Å². The lowest BCUT2D eigenvalue weighted by Gasteiger charge is -2.10. The molecule has 0 radical (unpaired) electrons. The monoisotopic (exact) mass is 286 g/mol. The molecule has 2 aromatic carbocycles. The Hall–Kier alpha value is -2.82. The van der Waals surface area contributed by atoms with E-state index < -0.39 is 11.9 Å². The van der Waals surface area contributed by atoms with Crippen LogP contribution in [0.15, 0.2) is 42.5 Å². The predicted molar refractivity (Wildman–Crippen MR) is 76.3 cm³/mol. The molecule has 2 aromatic rings. The minimum absolute atomic E-state index is 0.0962. The zero-order valence-corrected chi connectivity index (χ0v) is 11.4. The predicted octanol–water partition coefficient (Wildman–Crippen LogP) is 3.44. The van der Waals surface area contributed by atoms with Crippen LogP contribution in [0.4, 0.5) is 0 Å². The van der Waals surface area contributed by atoms with Gasteiger partial charge in [-0.05, 0) is 42.3 Å². The van der Waals surface area contributed by atoms with Crippen molar-refractivity contribution in [3.63, 3.8) is 0 Å². The molecule has 0 bridgehead atoms. The molecule has 0 aromatic heterocycles. The summed E-state index contributed by atoms with van der Waals surface area (Å²) in [6.07, 6.45) is 0.897. The molecule has 5 heteroatoms. The number of carbonyl (C=O) groups is 2. The van der Waals surface area contributed by atoms with E-state index in [1.807, 2.05) is 19.1 Å². The molecular formula is C16H14O5. The first-order chi connectivity index (χ1) is 10.0. The van der Waals surface area contributed by atoms with Crippen LogP contribution < -0.4 is 4.74 Å². The molecule has 108 valence electrons. The lowest BCUT2D eigenvalue weighted by Crippen LogP contribution is -2.04. The molecule has 0 saturated carbocycles. The first-order valence-electron chi connectivity index (χ1n) is 6.38. The molecule has 0 atom stereocenters. The lowest BCUT2D eigenvalue weighted by atomic mass is 10.1. The van der Waals surface area contributed by atoms with E-state index in [0.29, 0.717) is 5.75 Å². The average molecular weight is 286 g/mol. The molecule has 0 spiro atoms. The molecule has 2 rings (SSSR count). The van der Waals surface area contributed by atoms with Gasteiger partial charge in [-0.2, -0.15) is 0 Å². The zero-order chi connectivity index (χ0) is 15.4. The molecule has 0 aliphatic heterocycles. The third-order valence-electron chi connectivity index (χ3n) is 3.02. The maximum absolute atomic E-state index is 11.2. The van der Waals surface area contributed by atoms with Gasteiger partial charge in [-0.15, -0.1) is 0 Å². The van der Waals surface area contributed by atoms with E-state index in [-0.39, 0.29) is 16.9 Å². The molecule has 21 heavy (non-hydrogen) atoms. The average Bonchev–Trinajstić information content (AvgIpc) is 2.48. The zero-order valence-electron chi connectivity index (χ0n) is 11.4. The molecule has 5 nitrogen and oxygen atoms in total. The van der Waals surface area contributed by atoms with E-state index in [2.05, 4.69) is 0 Å². The van der Waals surface area contributed by atoms with E-state index in [1.165, 1.54) is 12.1 Å². The van der Waals surface area contributed by atoms with Crippen molar-refractivity contribution in [1.29, 1.82) is 0 Å². The quantitative estimate of drug-likeness (QED) is 0.879. The fourth-order valence-corrected chi connectivity index (χ4v) is 1.84. The van der Waals surface area contributed by atoms with Crippen LogP contribution in [0.1, 0.15) is 33.2 Å². The Kier molecular flexibility index (Phi) is 4.23. The number of rotatable bonds is 5. The maximum atomic E-state index is 11.2. The van der Waals surface area contributed by atoms with Gasteiger partial charge in [-0.3, -0.25) is 0 Å². The molecule has 0 unspecified atom stereocenters. The number of hydrogen-bond acceptors (Lipinski definition) is 3. The number of carboxylic acid groups (broad SMARTS) is 2. The van der Waals surface area contributed by atoms with Gasteiger partial charge in [0.1, 0.15) is 17.1 Å². The third-order valence-corrected chi connectivity index (χ3v) is 3.02. The normalized spacial score (nSPS) is 10.1. The Morgan fingerprint density at radius 3 is 2.19 bits per heavy atom. The van der Waals surface area contributed by atoms with Crippen molar-refractivity contribution in [3.05, 3.63) is 59.2 Å². The molecule has 0 heterocycles. The number of ether oxygens (including phenoxy) is 1. The van der Waals surface area contributed by atoms with Gasteiger partial charge in [0.05, 0.1) is 5.56 Å². The summed E-state index contributed by atoms with van der Waals surface area (Å²) < 4.78 is 5.53. The number of aromatic carboxylic acids is 2. The second-order valence-electron chi connectivity index (χ2n) is 4.42. The van der Waals surface area contributed by atoms with E-state index in [1.54, 1.807) is 12.1 Å². The van der Waals surface area contributed by atoms with Crippen LogP contribution in [0.3, 0.4) is 0 Å².